The van der Waals surface area contributed by atoms with Crippen molar-refractivity contribution in [1.29, 1.82) is 0 Å². The third kappa shape index (κ3) is 3.49. The predicted molar refractivity (Wildman–Crippen MR) is 63.9 cm³/mol. The molecule has 17 heavy (non-hydrogen) atoms. The van der Waals surface area contributed by atoms with Crippen LogP contribution < -0.4 is 4.72 Å². The van der Waals surface area contributed by atoms with Crippen LogP contribution in [0.2, 0.25) is 0 Å². The van der Waals surface area contributed by atoms with Gasteiger partial charge in [-0.3, -0.25) is 4.98 Å². The van der Waals surface area contributed by atoms with Crippen molar-refractivity contribution >= 4 is 10.0 Å². The van der Waals surface area contributed by atoms with Crippen molar-refractivity contribution in [3.63, 3.8) is 0 Å². The molecule has 1 aromatic heterocycles. The Labute approximate surface area is 101 Å². The van der Waals surface area contributed by atoms with Crippen LogP contribution in [0.5, 0.6) is 0 Å². The topological polar surface area (TPSA) is 79.3 Å². The molecular formula is C11H16N2O3S. The number of sulfonamides is 1. The van der Waals surface area contributed by atoms with Crippen LogP contribution in [0, 0.1) is 0 Å². The summed E-state index contributed by atoms with van der Waals surface area (Å²) in [5.74, 6) is 0.00572. The first-order valence-electron chi connectivity index (χ1n) is 5.58. The first kappa shape index (κ1) is 12.5. The Morgan fingerprint density at radius 3 is 2.71 bits per heavy atom. The van der Waals surface area contributed by atoms with Crippen LogP contribution >= 0.6 is 0 Å². The van der Waals surface area contributed by atoms with Crippen molar-refractivity contribution in [2.24, 2.45) is 0 Å². The van der Waals surface area contributed by atoms with Gasteiger partial charge in [0.2, 0.25) is 10.0 Å². The molecule has 0 spiro atoms. The summed E-state index contributed by atoms with van der Waals surface area (Å²) in [6.07, 6.45) is 3.46. The standard InChI is InChI=1S/C11H16N2O3S/c14-9-11(5-6-11)13-17(15,16)8-4-10-3-1-2-7-12-10/h1-3,7,13-14H,4-6,8-9H2. The Bertz CT molecular complexity index is 469. The van der Waals surface area contributed by atoms with Gasteiger partial charge in [0, 0.05) is 18.3 Å². The lowest BCUT2D eigenvalue weighted by Gasteiger charge is -2.14. The van der Waals surface area contributed by atoms with E-state index in [0.29, 0.717) is 19.3 Å². The molecule has 5 nitrogen and oxygen atoms in total. The van der Waals surface area contributed by atoms with E-state index in [1.807, 2.05) is 6.07 Å². The summed E-state index contributed by atoms with van der Waals surface area (Å²) in [7, 11) is -3.34. The number of nitrogens with one attached hydrogen (secondary N) is 1. The lowest BCUT2D eigenvalue weighted by molar-refractivity contribution is 0.246. The van der Waals surface area contributed by atoms with E-state index in [-0.39, 0.29) is 12.4 Å². The Morgan fingerprint density at radius 1 is 1.41 bits per heavy atom. The van der Waals surface area contributed by atoms with E-state index in [2.05, 4.69) is 9.71 Å². The Kier molecular flexibility index (Phi) is 3.46. The number of aliphatic hydroxyl groups excluding tert-OH is 1. The van der Waals surface area contributed by atoms with Crippen LogP contribution in [0.15, 0.2) is 24.4 Å². The summed E-state index contributed by atoms with van der Waals surface area (Å²) in [5.41, 5.74) is 0.176. The van der Waals surface area contributed by atoms with E-state index in [4.69, 9.17) is 5.11 Å². The SMILES string of the molecule is O=S(=O)(CCc1ccccn1)NC1(CO)CC1. The third-order valence-electron chi connectivity index (χ3n) is 2.88. The van der Waals surface area contributed by atoms with Gasteiger partial charge in [-0.05, 0) is 25.0 Å². The zero-order chi connectivity index (χ0) is 12.4. The Balaban J connectivity index is 1.90. The fraction of sp³-hybridized carbons (Fsp3) is 0.545. The third-order valence-corrected chi connectivity index (χ3v) is 4.37. The summed E-state index contributed by atoms with van der Waals surface area (Å²) in [6.45, 7) is -0.129. The molecule has 0 radical (unpaired) electrons. The summed E-state index contributed by atoms with van der Waals surface area (Å²) in [5, 5.41) is 9.07. The van der Waals surface area contributed by atoms with Crippen molar-refractivity contribution in [3.05, 3.63) is 30.1 Å². The maximum atomic E-state index is 11.8. The average Bonchev–Trinajstić information content (AvgIpc) is 3.08. The van der Waals surface area contributed by atoms with Crippen LogP contribution in [0.1, 0.15) is 18.5 Å². The van der Waals surface area contributed by atoms with Crippen molar-refractivity contribution in [2.75, 3.05) is 12.4 Å². The highest BCUT2D eigenvalue weighted by Crippen LogP contribution is 2.35. The van der Waals surface area contributed by atoms with Gasteiger partial charge in [-0.15, -0.1) is 0 Å². The Morgan fingerprint density at radius 2 is 2.18 bits per heavy atom. The maximum Gasteiger partial charge on any atom is 0.212 e. The molecule has 6 heteroatoms. The molecule has 94 valence electrons. The van der Waals surface area contributed by atoms with Gasteiger partial charge in [0.1, 0.15) is 0 Å². The number of pyridine rings is 1. The minimum atomic E-state index is -3.34. The van der Waals surface area contributed by atoms with Crippen molar-refractivity contribution in [2.45, 2.75) is 24.8 Å². The van der Waals surface area contributed by atoms with Crippen LogP contribution in [0.3, 0.4) is 0 Å². The van der Waals surface area contributed by atoms with Gasteiger partial charge in [0.15, 0.2) is 0 Å². The van der Waals surface area contributed by atoms with Crippen molar-refractivity contribution in [3.8, 4) is 0 Å². The van der Waals surface area contributed by atoms with Crippen LogP contribution in [-0.4, -0.2) is 36.4 Å². The summed E-state index contributed by atoms with van der Waals surface area (Å²) < 4.78 is 26.1. The van der Waals surface area contributed by atoms with Crippen LogP contribution in [0.4, 0.5) is 0 Å². The highest BCUT2D eigenvalue weighted by molar-refractivity contribution is 7.89. The number of nitrogens with zero attached hydrogens (tertiary/aromatic N) is 1. The molecule has 0 aliphatic heterocycles. The van der Waals surface area contributed by atoms with Crippen LogP contribution in [0.25, 0.3) is 0 Å². The summed E-state index contributed by atoms with van der Waals surface area (Å²) >= 11 is 0. The van der Waals surface area contributed by atoms with Gasteiger partial charge in [0.05, 0.1) is 17.9 Å². The Hall–Kier alpha value is -0.980. The molecule has 2 N–H and O–H groups in total. The van der Waals surface area contributed by atoms with Crippen molar-refractivity contribution < 1.29 is 13.5 Å². The fourth-order valence-electron chi connectivity index (χ4n) is 1.61. The molecule has 0 bridgehead atoms. The van der Waals surface area contributed by atoms with Gasteiger partial charge >= 0.3 is 0 Å². The second-order valence-electron chi connectivity index (χ2n) is 4.43. The van der Waals surface area contributed by atoms with Gasteiger partial charge in [0.25, 0.3) is 0 Å². The maximum absolute atomic E-state index is 11.8. The molecule has 1 fully saturated rings. The predicted octanol–water partition coefficient (Wildman–Crippen LogP) is 0.0684. The minimum absolute atomic E-state index is 0.00572. The number of hydrogen-bond acceptors (Lipinski definition) is 4. The molecule has 0 amide bonds. The van der Waals surface area contributed by atoms with Gasteiger partial charge in [-0.2, -0.15) is 0 Å². The number of hydrogen-bond donors (Lipinski definition) is 2. The summed E-state index contributed by atoms with van der Waals surface area (Å²) in [6, 6.07) is 5.42. The molecule has 0 unspecified atom stereocenters. The zero-order valence-corrected chi connectivity index (χ0v) is 10.3. The van der Waals surface area contributed by atoms with Gasteiger partial charge in [-0.25, -0.2) is 13.1 Å². The number of aryl methyl sites for hydroxylation is 1. The van der Waals surface area contributed by atoms with E-state index in [1.165, 1.54) is 0 Å². The first-order valence-corrected chi connectivity index (χ1v) is 7.23. The quantitative estimate of drug-likeness (QED) is 0.755. The van der Waals surface area contributed by atoms with E-state index in [0.717, 1.165) is 5.69 Å². The minimum Gasteiger partial charge on any atom is -0.394 e. The second kappa shape index (κ2) is 4.72. The smallest absolute Gasteiger partial charge is 0.212 e. The molecule has 1 saturated carbocycles. The molecule has 1 aromatic rings. The van der Waals surface area contributed by atoms with Crippen LogP contribution in [-0.2, 0) is 16.4 Å². The zero-order valence-electron chi connectivity index (χ0n) is 9.46. The monoisotopic (exact) mass is 256 g/mol. The van der Waals surface area contributed by atoms with Crippen molar-refractivity contribution in [1.82, 2.24) is 9.71 Å². The van der Waals surface area contributed by atoms with Gasteiger partial charge < -0.3 is 5.11 Å². The largest absolute Gasteiger partial charge is 0.394 e. The highest BCUT2D eigenvalue weighted by atomic mass is 32.2. The van der Waals surface area contributed by atoms with E-state index < -0.39 is 15.6 Å². The molecule has 0 saturated heterocycles. The molecule has 1 aliphatic rings. The molecule has 2 rings (SSSR count). The second-order valence-corrected chi connectivity index (χ2v) is 6.27. The molecular weight excluding hydrogens is 240 g/mol. The number of aliphatic hydroxyl groups is 1. The number of rotatable bonds is 6. The summed E-state index contributed by atoms with van der Waals surface area (Å²) in [4.78, 5) is 4.07. The molecule has 1 heterocycles. The molecule has 0 aromatic carbocycles. The fourth-order valence-corrected chi connectivity index (χ4v) is 3.12. The van der Waals surface area contributed by atoms with E-state index in [9.17, 15) is 8.42 Å². The lowest BCUT2D eigenvalue weighted by Crippen LogP contribution is -2.41. The normalized spacial score (nSPS) is 17.9. The van der Waals surface area contributed by atoms with E-state index in [1.54, 1.807) is 18.3 Å². The number of aromatic nitrogens is 1. The molecule has 0 atom stereocenters. The lowest BCUT2D eigenvalue weighted by atomic mass is 10.3. The highest BCUT2D eigenvalue weighted by Gasteiger charge is 2.45. The van der Waals surface area contributed by atoms with Gasteiger partial charge in [-0.1, -0.05) is 6.07 Å². The first-order chi connectivity index (χ1) is 8.05. The average molecular weight is 256 g/mol. The van der Waals surface area contributed by atoms with E-state index >= 15 is 0 Å². The molecule has 1 aliphatic carbocycles.